The number of aromatic nitrogens is 1. The van der Waals surface area contributed by atoms with Crippen LogP contribution >= 0.6 is 0 Å². The second-order valence-electron chi connectivity index (χ2n) is 4.43. The zero-order valence-electron chi connectivity index (χ0n) is 10.0. The Labute approximate surface area is 92.4 Å². The fourth-order valence-electron chi connectivity index (χ4n) is 1.17. The van der Waals surface area contributed by atoms with Gasteiger partial charge in [-0.05, 0) is 24.0 Å². The molecule has 0 amide bonds. The van der Waals surface area contributed by atoms with Gasteiger partial charge in [0, 0.05) is 23.3 Å². The molecule has 0 spiro atoms. The maximum atomic E-state index is 4.32. The molecule has 1 heterocycles. The molecule has 15 heavy (non-hydrogen) atoms. The summed E-state index contributed by atoms with van der Waals surface area (Å²) in [4.78, 5) is 4.32. The Morgan fingerprint density at radius 2 is 2.00 bits per heavy atom. The molecule has 0 aliphatic carbocycles. The Bertz CT molecular complexity index is 340. The van der Waals surface area contributed by atoms with E-state index in [0.717, 1.165) is 17.1 Å². The van der Waals surface area contributed by atoms with Crippen molar-refractivity contribution in [3.8, 4) is 0 Å². The molecule has 0 aromatic carbocycles. The van der Waals surface area contributed by atoms with Crippen molar-refractivity contribution >= 4 is 5.69 Å². The third kappa shape index (κ3) is 3.39. The van der Waals surface area contributed by atoms with Crippen LogP contribution in [0.25, 0.3) is 0 Å². The van der Waals surface area contributed by atoms with E-state index in [0.29, 0.717) is 11.8 Å². The molecule has 0 saturated carbocycles. The molecule has 1 rings (SSSR count). The number of nitrogens with zero attached hydrogens (tertiary/aromatic N) is 1. The maximum Gasteiger partial charge on any atom is 0.0449 e. The molecule has 0 aliphatic rings. The van der Waals surface area contributed by atoms with Crippen molar-refractivity contribution in [3.05, 3.63) is 36.3 Å². The molecule has 1 aromatic heterocycles. The summed E-state index contributed by atoms with van der Waals surface area (Å²) in [6.45, 7) is 12.5. The number of hydrogen-bond acceptors (Lipinski definition) is 2. The molecule has 0 radical (unpaired) electrons. The average molecular weight is 204 g/mol. The van der Waals surface area contributed by atoms with Gasteiger partial charge in [-0.2, -0.15) is 0 Å². The molecular formula is C13H20N2. The lowest BCUT2D eigenvalue weighted by Gasteiger charge is -2.14. The largest absolute Gasteiger partial charge is 0.359 e. The molecule has 82 valence electrons. The maximum absolute atomic E-state index is 4.32. The molecule has 0 saturated heterocycles. The molecular weight excluding hydrogens is 184 g/mol. The lowest BCUT2D eigenvalue weighted by molar-refractivity contribution is 0.777. The van der Waals surface area contributed by atoms with Crippen molar-refractivity contribution in [1.82, 2.24) is 4.98 Å². The fourth-order valence-corrected chi connectivity index (χ4v) is 1.17. The van der Waals surface area contributed by atoms with E-state index >= 15 is 0 Å². The van der Waals surface area contributed by atoms with Gasteiger partial charge in [0.15, 0.2) is 0 Å². The minimum absolute atomic E-state index is 0.445. The SMILES string of the molecule is C=C(Nc1ccnc(C(C)C)c1)C(C)C. The van der Waals surface area contributed by atoms with E-state index in [1.165, 1.54) is 0 Å². The minimum atomic E-state index is 0.445. The lowest BCUT2D eigenvalue weighted by atomic mass is 10.1. The van der Waals surface area contributed by atoms with Gasteiger partial charge in [0.05, 0.1) is 0 Å². The molecule has 1 aromatic rings. The highest BCUT2D eigenvalue weighted by atomic mass is 14.9. The van der Waals surface area contributed by atoms with Crippen molar-refractivity contribution in [3.63, 3.8) is 0 Å². The molecule has 1 N–H and O–H groups in total. The third-order valence-electron chi connectivity index (χ3n) is 2.37. The van der Waals surface area contributed by atoms with E-state index in [1.807, 2.05) is 12.3 Å². The summed E-state index contributed by atoms with van der Waals surface area (Å²) in [5.41, 5.74) is 3.22. The van der Waals surface area contributed by atoms with E-state index < -0.39 is 0 Å². The second-order valence-corrected chi connectivity index (χ2v) is 4.43. The second kappa shape index (κ2) is 4.96. The number of rotatable bonds is 4. The normalized spacial score (nSPS) is 10.8. The Morgan fingerprint density at radius 1 is 1.33 bits per heavy atom. The quantitative estimate of drug-likeness (QED) is 0.807. The van der Waals surface area contributed by atoms with E-state index in [1.54, 1.807) is 0 Å². The Morgan fingerprint density at radius 3 is 2.53 bits per heavy atom. The zero-order valence-corrected chi connectivity index (χ0v) is 10.0. The summed E-state index contributed by atoms with van der Waals surface area (Å²) < 4.78 is 0. The smallest absolute Gasteiger partial charge is 0.0449 e. The van der Waals surface area contributed by atoms with Crippen molar-refractivity contribution < 1.29 is 0 Å². The number of anilines is 1. The molecule has 0 unspecified atom stereocenters. The zero-order chi connectivity index (χ0) is 11.4. The summed E-state index contributed by atoms with van der Waals surface area (Å²) >= 11 is 0. The van der Waals surface area contributed by atoms with Gasteiger partial charge in [-0.25, -0.2) is 0 Å². The Balaban J connectivity index is 2.78. The summed E-state index contributed by atoms with van der Waals surface area (Å²) in [5.74, 6) is 0.903. The number of hydrogen-bond donors (Lipinski definition) is 1. The van der Waals surface area contributed by atoms with Crippen LogP contribution < -0.4 is 5.32 Å². The van der Waals surface area contributed by atoms with Crippen LogP contribution in [0.1, 0.15) is 39.3 Å². The molecule has 0 atom stereocenters. The van der Waals surface area contributed by atoms with Crippen LogP contribution in [0.2, 0.25) is 0 Å². The predicted octanol–water partition coefficient (Wildman–Crippen LogP) is 3.79. The van der Waals surface area contributed by atoms with E-state index in [9.17, 15) is 0 Å². The molecule has 2 nitrogen and oxygen atoms in total. The molecule has 0 bridgehead atoms. The number of nitrogens with one attached hydrogen (secondary N) is 1. The van der Waals surface area contributed by atoms with Crippen LogP contribution in [0.5, 0.6) is 0 Å². The van der Waals surface area contributed by atoms with Crippen LogP contribution in [-0.4, -0.2) is 4.98 Å². The van der Waals surface area contributed by atoms with Crippen LogP contribution in [-0.2, 0) is 0 Å². The van der Waals surface area contributed by atoms with Gasteiger partial charge in [0.25, 0.3) is 0 Å². The average Bonchev–Trinajstić information content (AvgIpc) is 2.18. The minimum Gasteiger partial charge on any atom is -0.359 e. The van der Waals surface area contributed by atoms with Crippen molar-refractivity contribution in [2.24, 2.45) is 5.92 Å². The number of pyridine rings is 1. The van der Waals surface area contributed by atoms with Gasteiger partial charge in [-0.15, -0.1) is 0 Å². The highest BCUT2D eigenvalue weighted by Crippen LogP contribution is 2.18. The van der Waals surface area contributed by atoms with E-state index in [2.05, 4.69) is 50.6 Å². The molecule has 0 aliphatic heterocycles. The first-order valence-electron chi connectivity index (χ1n) is 5.42. The number of allylic oxidation sites excluding steroid dienone is 1. The molecule has 0 fully saturated rings. The summed E-state index contributed by atoms with van der Waals surface area (Å²) in [7, 11) is 0. The highest BCUT2D eigenvalue weighted by Gasteiger charge is 2.04. The standard InChI is InChI=1S/C13H20N2/c1-9(2)11(5)15-12-6-7-14-13(8-12)10(3)4/h6-10H,5H2,1-4H3,(H,14,15). The van der Waals surface area contributed by atoms with Gasteiger partial charge in [-0.3, -0.25) is 4.98 Å². The van der Waals surface area contributed by atoms with Crippen LogP contribution in [0.4, 0.5) is 5.69 Å². The monoisotopic (exact) mass is 204 g/mol. The van der Waals surface area contributed by atoms with Crippen LogP contribution in [0, 0.1) is 5.92 Å². The van der Waals surface area contributed by atoms with Crippen molar-refractivity contribution in [2.75, 3.05) is 5.32 Å². The topological polar surface area (TPSA) is 24.9 Å². The van der Waals surface area contributed by atoms with Gasteiger partial charge in [0.1, 0.15) is 0 Å². The summed E-state index contributed by atoms with van der Waals surface area (Å²) in [5, 5.41) is 3.30. The highest BCUT2D eigenvalue weighted by molar-refractivity contribution is 5.48. The van der Waals surface area contributed by atoms with Gasteiger partial charge < -0.3 is 5.32 Å². The van der Waals surface area contributed by atoms with E-state index in [4.69, 9.17) is 0 Å². The van der Waals surface area contributed by atoms with Crippen LogP contribution in [0.15, 0.2) is 30.6 Å². The summed E-state index contributed by atoms with van der Waals surface area (Å²) in [6, 6.07) is 4.05. The van der Waals surface area contributed by atoms with Crippen LogP contribution in [0.3, 0.4) is 0 Å². The van der Waals surface area contributed by atoms with Crippen molar-refractivity contribution in [2.45, 2.75) is 33.6 Å². The van der Waals surface area contributed by atoms with Crippen molar-refractivity contribution in [1.29, 1.82) is 0 Å². The fraction of sp³-hybridized carbons (Fsp3) is 0.462. The first-order valence-corrected chi connectivity index (χ1v) is 5.42. The van der Waals surface area contributed by atoms with Gasteiger partial charge in [-0.1, -0.05) is 34.3 Å². The van der Waals surface area contributed by atoms with Gasteiger partial charge in [0.2, 0.25) is 0 Å². The lowest BCUT2D eigenvalue weighted by Crippen LogP contribution is -2.05. The first-order chi connectivity index (χ1) is 7.00. The van der Waals surface area contributed by atoms with Gasteiger partial charge >= 0.3 is 0 Å². The predicted molar refractivity (Wildman–Crippen MR) is 65.9 cm³/mol. The first kappa shape index (κ1) is 11.8. The van der Waals surface area contributed by atoms with E-state index in [-0.39, 0.29) is 0 Å². The summed E-state index contributed by atoms with van der Waals surface area (Å²) in [6.07, 6.45) is 1.84. The molecule has 2 heteroatoms. The third-order valence-corrected chi connectivity index (χ3v) is 2.37. The Hall–Kier alpha value is -1.31. The Kier molecular flexibility index (Phi) is 3.89.